The summed E-state index contributed by atoms with van der Waals surface area (Å²) < 4.78 is 84.9. The molecule has 15 nitrogen and oxygen atoms in total. The van der Waals surface area contributed by atoms with Gasteiger partial charge in [0.15, 0.2) is 6.61 Å². The van der Waals surface area contributed by atoms with Crippen LogP contribution in [-0.2, 0) is 27.4 Å². The van der Waals surface area contributed by atoms with E-state index in [9.17, 15) is 27.2 Å². The van der Waals surface area contributed by atoms with Crippen LogP contribution in [0.2, 0.25) is 0 Å². The van der Waals surface area contributed by atoms with Gasteiger partial charge in [0.05, 0.1) is 55.9 Å². The third-order valence-electron chi connectivity index (χ3n) is 11.2. The van der Waals surface area contributed by atoms with Gasteiger partial charge in [-0.1, -0.05) is 29.3 Å². The highest BCUT2D eigenvalue weighted by atomic mass is 19.4. The van der Waals surface area contributed by atoms with Crippen molar-refractivity contribution in [2.45, 2.75) is 51.7 Å². The predicted octanol–water partition coefficient (Wildman–Crippen LogP) is 7.30. The van der Waals surface area contributed by atoms with E-state index in [0.717, 1.165) is 39.2 Å². The number of alkyl halides is 4. The number of aromatic amines is 1. The van der Waals surface area contributed by atoms with Gasteiger partial charge < -0.3 is 59.2 Å². The van der Waals surface area contributed by atoms with E-state index in [1.165, 1.54) is 0 Å². The van der Waals surface area contributed by atoms with Crippen LogP contribution in [0.25, 0.3) is 22.0 Å². The van der Waals surface area contributed by atoms with Gasteiger partial charge in [-0.15, -0.1) is 0 Å². The number of piperidine rings is 1. The topological polar surface area (TPSA) is 169 Å². The van der Waals surface area contributed by atoms with Crippen LogP contribution in [0, 0.1) is 25.7 Å². The number of anilines is 3. The number of nitrogens with zero attached hydrogens (tertiary/aromatic N) is 3. The molecule has 3 aromatic carbocycles. The average molecular weight is 957 g/mol. The maximum absolute atomic E-state index is 14.8. The number of H-pyrrole nitrogens is 1. The molecule has 0 saturated carbocycles. The van der Waals surface area contributed by atoms with Gasteiger partial charge in [-0.3, -0.25) is 9.59 Å². The quantitative estimate of drug-likeness (QED) is 0.0262. The van der Waals surface area contributed by atoms with E-state index in [4.69, 9.17) is 23.5 Å². The molecule has 1 amide bonds. The molecule has 4 heterocycles. The molecule has 0 spiro atoms. The van der Waals surface area contributed by atoms with Crippen molar-refractivity contribution in [2.24, 2.45) is 0 Å². The molecule has 0 aliphatic carbocycles. The van der Waals surface area contributed by atoms with E-state index in [1.54, 1.807) is 60.8 Å². The Morgan fingerprint density at radius 1 is 0.928 bits per heavy atom. The van der Waals surface area contributed by atoms with Crippen LogP contribution >= 0.6 is 0 Å². The molecule has 69 heavy (non-hydrogen) atoms. The Morgan fingerprint density at radius 3 is 2.48 bits per heavy atom. The highest BCUT2D eigenvalue weighted by Gasteiger charge is 2.31. The molecular formula is C50H56F4N8O7. The Bertz CT molecular complexity index is 2740. The molecule has 1 aliphatic rings. The number of pyridine rings is 1. The Labute approximate surface area is 396 Å². The van der Waals surface area contributed by atoms with Crippen molar-refractivity contribution in [3.63, 3.8) is 0 Å². The van der Waals surface area contributed by atoms with E-state index in [0.29, 0.717) is 85.5 Å². The van der Waals surface area contributed by atoms with Crippen LogP contribution in [-0.4, -0.2) is 117 Å². The fourth-order valence-corrected chi connectivity index (χ4v) is 7.83. The number of carbonyl (C=O) groups excluding carboxylic acids is 1. The smallest absolute Gasteiger partial charge is 0.406 e. The first-order valence-electron chi connectivity index (χ1n) is 22.6. The van der Waals surface area contributed by atoms with Gasteiger partial charge >= 0.3 is 6.18 Å². The van der Waals surface area contributed by atoms with Crippen molar-refractivity contribution >= 4 is 33.9 Å². The minimum absolute atomic E-state index is 0.179. The maximum atomic E-state index is 14.8. The lowest BCUT2D eigenvalue weighted by molar-refractivity contribution is -0.140. The number of aryl methyl sites for hydroxylation is 2. The van der Waals surface area contributed by atoms with Crippen LogP contribution < -0.4 is 36.3 Å². The van der Waals surface area contributed by atoms with E-state index in [-0.39, 0.29) is 43.5 Å². The standard InChI is InChI=1S/C50H56F4N8O7/c1-33-48(34(2)69-60-33)36-26-45(49(64)58-29-36)57-28-35-7-4-9-40(25-35)68-31-47(63)56-18-20-65-21-22-66-23-24-67-39-14-12-37(13-15-39)55-17-6-8-38-27-41-43(59-44-16-19-61(3)30-42(44)51)10-5-11-46(41)62(38)32-50(52,53)54/h4-5,7,9-15,25-27,29,42,44,55,57,59H,16-24,28,30-32H2,1-3H3,(H,56,63)(H,58,64)/t42-,44+/m0/s1. The molecule has 0 radical (unpaired) electrons. The molecule has 19 heteroatoms. The molecule has 1 saturated heterocycles. The summed E-state index contributed by atoms with van der Waals surface area (Å²) in [7, 11) is 1.86. The van der Waals surface area contributed by atoms with Gasteiger partial charge in [0.2, 0.25) is 0 Å². The second-order valence-electron chi connectivity index (χ2n) is 16.5. The van der Waals surface area contributed by atoms with Gasteiger partial charge in [0, 0.05) is 60.3 Å². The highest BCUT2D eigenvalue weighted by Crippen LogP contribution is 2.32. The molecular weight excluding hydrogens is 901 g/mol. The van der Waals surface area contributed by atoms with Gasteiger partial charge in [-0.05, 0) is 99.5 Å². The largest absolute Gasteiger partial charge is 0.491 e. The van der Waals surface area contributed by atoms with Gasteiger partial charge in [-0.2, -0.15) is 13.2 Å². The molecule has 1 fully saturated rings. The fourth-order valence-electron chi connectivity index (χ4n) is 7.83. The zero-order valence-corrected chi connectivity index (χ0v) is 38.6. The summed E-state index contributed by atoms with van der Waals surface area (Å²) in [4.78, 5) is 29.5. The monoisotopic (exact) mass is 956 g/mol. The highest BCUT2D eigenvalue weighted by molar-refractivity contribution is 5.94. The summed E-state index contributed by atoms with van der Waals surface area (Å²) in [5, 5.41) is 16.9. The lowest BCUT2D eigenvalue weighted by Crippen LogP contribution is -2.46. The molecule has 5 N–H and O–H groups in total. The van der Waals surface area contributed by atoms with Crippen molar-refractivity contribution in [1.82, 2.24) is 24.9 Å². The summed E-state index contributed by atoms with van der Waals surface area (Å²) in [5.41, 5.74) is 5.22. The minimum Gasteiger partial charge on any atom is -0.491 e. The molecule has 2 atom stereocenters. The Hall–Kier alpha value is -7.01. The van der Waals surface area contributed by atoms with Crippen LogP contribution in [0.1, 0.15) is 29.1 Å². The number of benzene rings is 3. The average Bonchev–Trinajstić information content (AvgIpc) is 3.85. The molecule has 1 aliphatic heterocycles. The number of fused-ring (bicyclic) bond motifs is 1. The maximum Gasteiger partial charge on any atom is 0.406 e. The van der Waals surface area contributed by atoms with E-state index < -0.39 is 24.9 Å². The summed E-state index contributed by atoms with van der Waals surface area (Å²) in [6.07, 6.45) is -3.36. The number of rotatable bonds is 22. The van der Waals surface area contributed by atoms with Crippen LogP contribution in [0.5, 0.6) is 11.5 Å². The number of hydrogen-bond donors (Lipinski definition) is 5. The molecule has 7 rings (SSSR count). The predicted molar refractivity (Wildman–Crippen MR) is 256 cm³/mol. The van der Waals surface area contributed by atoms with Gasteiger partial charge in [0.1, 0.15) is 42.3 Å². The molecule has 6 aromatic rings. The fraction of sp³-hybridized carbons (Fsp3) is 0.380. The summed E-state index contributed by atoms with van der Waals surface area (Å²) >= 11 is 0. The van der Waals surface area contributed by atoms with Crippen molar-refractivity contribution < 1.29 is 45.8 Å². The van der Waals surface area contributed by atoms with E-state index in [2.05, 4.69) is 43.2 Å². The number of amides is 1. The molecule has 3 aromatic heterocycles. The second kappa shape index (κ2) is 23.8. The summed E-state index contributed by atoms with van der Waals surface area (Å²) in [5.74, 6) is 7.33. The third kappa shape index (κ3) is 14.5. The molecule has 366 valence electrons. The zero-order chi connectivity index (χ0) is 48.8. The van der Waals surface area contributed by atoms with Crippen molar-refractivity contribution in [1.29, 1.82) is 0 Å². The third-order valence-corrected chi connectivity index (χ3v) is 11.2. The number of aromatic nitrogens is 3. The van der Waals surface area contributed by atoms with Crippen molar-refractivity contribution in [3.8, 4) is 34.5 Å². The SMILES string of the molecule is Cc1noc(C)c1-c1c[nH]c(=O)c(NCc2cccc(OCC(=O)NCCOCCOCCOc3ccc(NCC#Cc4cc5c(N[C@@H]6CCN(C)C[C@@H]6F)cccc5n4CC(F)(F)F)cc3)c2)c1. The number of nitrogens with one attached hydrogen (secondary N) is 5. The minimum atomic E-state index is -4.47. The van der Waals surface area contributed by atoms with Gasteiger partial charge in [0.25, 0.3) is 11.5 Å². The van der Waals surface area contributed by atoms with Crippen LogP contribution in [0.3, 0.4) is 0 Å². The molecule has 0 unspecified atom stereocenters. The van der Waals surface area contributed by atoms with Gasteiger partial charge in [-0.25, -0.2) is 4.39 Å². The summed E-state index contributed by atoms with van der Waals surface area (Å²) in [6, 6.07) is 22.4. The number of ether oxygens (including phenoxy) is 4. The molecule has 0 bridgehead atoms. The van der Waals surface area contributed by atoms with Crippen LogP contribution in [0.4, 0.5) is 34.6 Å². The normalized spacial score (nSPS) is 15.1. The number of hydrogen-bond acceptors (Lipinski definition) is 12. The number of halogens is 4. The zero-order valence-electron chi connectivity index (χ0n) is 38.6. The van der Waals surface area contributed by atoms with Crippen LogP contribution in [0.15, 0.2) is 94.4 Å². The number of carbonyl (C=O) groups is 1. The van der Waals surface area contributed by atoms with Crippen molar-refractivity contribution in [3.05, 3.63) is 118 Å². The first-order valence-corrected chi connectivity index (χ1v) is 22.6. The Morgan fingerprint density at radius 2 is 1.71 bits per heavy atom. The number of likely N-dealkylation sites (tertiary alicyclic amines) is 1. The second-order valence-corrected chi connectivity index (χ2v) is 16.5. The first-order chi connectivity index (χ1) is 33.3. The first kappa shape index (κ1) is 49.9. The lowest BCUT2D eigenvalue weighted by atomic mass is 10.0. The van der Waals surface area contributed by atoms with Crippen molar-refractivity contribution in [2.75, 3.05) is 88.8 Å². The van der Waals surface area contributed by atoms with E-state index >= 15 is 0 Å². The lowest BCUT2D eigenvalue weighted by Gasteiger charge is -2.33. The van der Waals surface area contributed by atoms with E-state index in [1.807, 2.05) is 50.1 Å². The Balaban J connectivity index is 0.746. The summed E-state index contributed by atoms with van der Waals surface area (Å²) in [6.45, 7) is 5.70. The Kier molecular flexibility index (Phi) is 17.2.